The molecule has 0 bridgehead atoms. The van der Waals surface area contributed by atoms with Crippen LogP contribution in [0.5, 0.6) is 0 Å². The number of hydrogen-bond donors (Lipinski definition) is 1. The zero-order valence-electron chi connectivity index (χ0n) is 12.2. The van der Waals surface area contributed by atoms with Crippen molar-refractivity contribution in [1.29, 1.82) is 0 Å². The molecule has 1 aromatic rings. The Morgan fingerprint density at radius 2 is 2.25 bits per heavy atom. The van der Waals surface area contributed by atoms with Crippen molar-refractivity contribution >= 4 is 21.6 Å². The van der Waals surface area contributed by atoms with Gasteiger partial charge in [0.05, 0.1) is 11.9 Å². The van der Waals surface area contributed by atoms with Crippen LogP contribution in [0.4, 0.5) is 5.69 Å². The molecule has 1 aromatic heterocycles. The van der Waals surface area contributed by atoms with Gasteiger partial charge in [0, 0.05) is 25.7 Å². The van der Waals surface area contributed by atoms with Gasteiger partial charge in [-0.2, -0.15) is 5.10 Å². The fourth-order valence-corrected chi connectivity index (χ4v) is 3.31. The zero-order valence-corrected chi connectivity index (χ0v) is 13.8. The van der Waals surface area contributed by atoms with Gasteiger partial charge in [0.1, 0.15) is 4.47 Å². The lowest BCUT2D eigenvalue weighted by atomic mass is 9.90. The topological polar surface area (TPSA) is 64.2 Å². The van der Waals surface area contributed by atoms with Crippen LogP contribution in [0.25, 0.3) is 0 Å². The normalized spacial score (nSPS) is 23.1. The van der Waals surface area contributed by atoms with Gasteiger partial charge in [-0.1, -0.05) is 20.3 Å². The van der Waals surface area contributed by atoms with Crippen LogP contribution >= 0.6 is 15.9 Å². The van der Waals surface area contributed by atoms with Gasteiger partial charge in [-0.25, -0.2) is 4.68 Å². The number of rotatable bonds is 4. The summed E-state index contributed by atoms with van der Waals surface area (Å²) in [7, 11) is 0. The standard InChI is InChI=1S/C14H23BrN4O/c1-3-6-19-14(20)13(15)12(8-17-19)18-7-5-11(16)10(4-2)9-18/h8,10-11H,3-7,9,16H2,1-2H3. The van der Waals surface area contributed by atoms with Gasteiger partial charge in [0.2, 0.25) is 0 Å². The van der Waals surface area contributed by atoms with Crippen molar-refractivity contribution in [2.45, 2.75) is 45.7 Å². The minimum atomic E-state index is -0.0488. The molecule has 1 saturated heterocycles. The van der Waals surface area contributed by atoms with E-state index < -0.39 is 0 Å². The monoisotopic (exact) mass is 342 g/mol. The minimum absolute atomic E-state index is 0.0488. The molecule has 2 heterocycles. The average Bonchev–Trinajstić information content (AvgIpc) is 2.45. The molecule has 0 amide bonds. The minimum Gasteiger partial charge on any atom is -0.369 e. The summed E-state index contributed by atoms with van der Waals surface area (Å²) in [5, 5.41) is 4.28. The maximum absolute atomic E-state index is 12.2. The first-order chi connectivity index (χ1) is 9.58. The molecule has 0 aromatic carbocycles. The third-order valence-corrected chi connectivity index (χ3v) is 4.81. The summed E-state index contributed by atoms with van der Waals surface area (Å²) in [5.41, 5.74) is 6.99. The lowest BCUT2D eigenvalue weighted by molar-refractivity contribution is 0.347. The molecule has 2 atom stereocenters. The second-order valence-corrected chi connectivity index (χ2v) is 6.23. The van der Waals surface area contributed by atoms with Gasteiger partial charge in [-0.05, 0) is 34.7 Å². The van der Waals surface area contributed by atoms with Gasteiger partial charge in [-0.15, -0.1) is 0 Å². The van der Waals surface area contributed by atoms with E-state index in [1.54, 1.807) is 6.20 Å². The Morgan fingerprint density at radius 1 is 1.50 bits per heavy atom. The molecule has 1 aliphatic heterocycles. The molecule has 2 N–H and O–H groups in total. The molecule has 112 valence electrons. The summed E-state index contributed by atoms with van der Waals surface area (Å²) in [5.74, 6) is 0.480. The summed E-state index contributed by atoms with van der Waals surface area (Å²) in [6.45, 7) is 6.64. The number of nitrogens with zero attached hydrogens (tertiary/aromatic N) is 3. The van der Waals surface area contributed by atoms with E-state index >= 15 is 0 Å². The number of anilines is 1. The van der Waals surface area contributed by atoms with Crippen LogP contribution in [-0.4, -0.2) is 28.9 Å². The Morgan fingerprint density at radius 3 is 2.90 bits per heavy atom. The van der Waals surface area contributed by atoms with Crippen LogP contribution in [0.2, 0.25) is 0 Å². The van der Waals surface area contributed by atoms with Crippen LogP contribution in [-0.2, 0) is 6.54 Å². The first kappa shape index (κ1) is 15.5. The molecule has 2 unspecified atom stereocenters. The van der Waals surface area contributed by atoms with Crippen molar-refractivity contribution in [2.75, 3.05) is 18.0 Å². The second-order valence-electron chi connectivity index (χ2n) is 5.44. The SMILES string of the molecule is CCCn1ncc(N2CCC(N)C(CC)C2)c(Br)c1=O. The van der Waals surface area contributed by atoms with Crippen LogP contribution in [0.3, 0.4) is 0 Å². The predicted octanol–water partition coefficient (Wildman–Crippen LogP) is 1.98. The van der Waals surface area contributed by atoms with E-state index in [1.807, 2.05) is 6.92 Å². The van der Waals surface area contributed by atoms with Crippen molar-refractivity contribution in [3.05, 3.63) is 21.0 Å². The Labute approximate surface area is 128 Å². The Bertz CT molecular complexity index is 516. The van der Waals surface area contributed by atoms with Gasteiger partial charge < -0.3 is 10.6 Å². The Kier molecular flexibility index (Phi) is 5.21. The smallest absolute Gasteiger partial charge is 0.283 e. The Hall–Kier alpha value is -0.880. The second kappa shape index (κ2) is 6.72. The molecule has 0 aliphatic carbocycles. The van der Waals surface area contributed by atoms with Crippen molar-refractivity contribution < 1.29 is 0 Å². The quantitative estimate of drug-likeness (QED) is 0.908. The van der Waals surface area contributed by atoms with Gasteiger partial charge >= 0.3 is 0 Å². The molecule has 0 saturated carbocycles. The van der Waals surface area contributed by atoms with Gasteiger partial charge in [0.15, 0.2) is 0 Å². The molecule has 0 radical (unpaired) electrons. The lowest BCUT2D eigenvalue weighted by Gasteiger charge is -2.38. The number of halogens is 1. The summed E-state index contributed by atoms with van der Waals surface area (Å²) >= 11 is 3.45. The van der Waals surface area contributed by atoms with E-state index in [1.165, 1.54) is 4.68 Å². The highest BCUT2D eigenvalue weighted by Crippen LogP contribution is 2.27. The van der Waals surface area contributed by atoms with Crippen molar-refractivity contribution in [1.82, 2.24) is 9.78 Å². The zero-order chi connectivity index (χ0) is 14.7. The predicted molar refractivity (Wildman–Crippen MR) is 85.1 cm³/mol. The molecule has 6 heteroatoms. The largest absolute Gasteiger partial charge is 0.369 e. The third-order valence-electron chi connectivity index (χ3n) is 4.06. The van der Waals surface area contributed by atoms with E-state index in [4.69, 9.17) is 5.73 Å². The fourth-order valence-electron chi connectivity index (χ4n) is 2.75. The van der Waals surface area contributed by atoms with Crippen molar-refractivity contribution in [3.8, 4) is 0 Å². The first-order valence-electron chi connectivity index (χ1n) is 7.34. The number of piperidine rings is 1. The van der Waals surface area contributed by atoms with Crippen LogP contribution in [0.15, 0.2) is 15.5 Å². The third kappa shape index (κ3) is 3.06. The summed E-state index contributed by atoms with van der Waals surface area (Å²) < 4.78 is 2.13. The summed E-state index contributed by atoms with van der Waals surface area (Å²) in [4.78, 5) is 14.5. The van der Waals surface area contributed by atoms with Gasteiger partial charge in [0.25, 0.3) is 5.56 Å². The highest BCUT2D eigenvalue weighted by molar-refractivity contribution is 9.10. The maximum Gasteiger partial charge on any atom is 0.283 e. The van der Waals surface area contributed by atoms with Crippen LogP contribution in [0, 0.1) is 5.92 Å². The molecule has 0 spiro atoms. The number of aromatic nitrogens is 2. The molecule has 1 fully saturated rings. The van der Waals surface area contributed by atoms with E-state index in [9.17, 15) is 4.79 Å². The van der Waals surface area contributed by atoms with E-state index in [2.05, 4.69) is 32.9 Å². The van der Waals surface area contributed by atoms with E-state index in [0.29, 0.717) is 16.9 Å². The average molecular weight is 343 g/mol. The highest BCUT2D eigenvalue weighted by atomic mass is 79.9. The van der Waals surface area contributed by atoms with Crippen molar-refractivity contribution in [2.24, 2.45) is 11.7 Å². The Balaban J connectivity index is 2.25. The molecule has 20 heavy (non-hydrogen) atoms. The molecule has 1 aliphatic rings. The van der Waals surface area contributed by atoms with Crippen LogP contribution in [0.1, 0.15) is 33.1 Å². The fraction of sp³-hybridized carbons (Fsp3) is 0.714. The number of aryl methyl sites for hydroxylation is 1. The summed E-state index contributed by atoms with van der Waals surface area (Å²) in [6.07, 6.45) is 4.72. The highest BCUT2D eigenvalue weighted by Gasteiger charge is 2.27. The van der Waals surface area contributed by atoms with Crippen LogP contribution < -0.4 is 16.2 Å². The summed E-state index contributed by atoms with van der Waals surface area (Å²) in [6, 6.07) is 0.267. The number of nitrogens with two attached hydrogens (primary N) is 1. The van der Waals surface area contributed by atoms with E-state index in [0.717, 1.165) is 38.0 Å². The molecular formula is C14H23BrN4O. The van der Waals surface area contributed by atoms with Gasteiger partial charge in [-0.3, -0.25) is 4.79 Å². The first-order valence-corrected chi connectivity index (χ1v) is 8.13. The number of hydrogen-bond acceptors (Lipinski definition) is 4. The maximum atomic E-state index is 12.2. The molecular weight excluding hydrogens is 320 g/mol. The van der Waals surface area contributed by atoms with E-state index in [-0.39, 0.29) is 11.6 Å². The molecule has 2 rings (SSSR count). The lowest BCUT2D eigenvalue weighted by Crippen LogP contribution is -2.47. The van der Waals surface area contributed by atoms with Crippen molar-refractivity contribution in [3.63, 3.8) is 0 Å². The molecule has 5 nitrogen and oxygen atoms in total.